The van der Waals surface area contributed by atoms with Crippen molar-refractivity contribution in [3.05, 3.63) is 98.9 Å². The molecule has 0 aromatic heterocycles. The molecule has 1 aliphatic carbocycles. The first-order valence-electron chi connectivity index (χ1n) is 12.7. The van der Waals surface area contributed by atoms with Crippen molar-refractivity contribution < 1.29 is 14.3 Å². The van der Waals surface area contributed by atoms with Crippen molar-refractivity contribution in [1.29, 1.82) is 0 Å². The van der Waals surface area contributed by atoms with Crippen LogP contribution in [0.4, 0.5) is 0 Å². The average molecular weight is 628 g/mol. The average Bonchev–Trinajstić information content (AvgIpc) is 2.92. The van der Waals surface area contributed by atoms with Gasteiger partial charge in [-0.1, -0.05) is 93.6 Å². The second-order valence-electron chi connectivity index (χ2n) is 9.44. The van der Waals surface area contributed by atoms with Crippen LogP contribution in [0.2, 0.25) is 0 Å². The molecule has 5 nitrogen and oxygen atoms in total. The third kappa shape index (κ3) is 8.44. The zero-order valence-corrected chi connectivity index (χ0v) is 23.9. The number of hydrogen-bond donors (Lipinski definition) is 1. The quantitative estimate of drug-likeness (QED) is 0.273. The lowest BCUT2D eigenvalue weighted by atomic mass is 9.94. The fourth-order valence-electron chi connectivity index (χ4n) is 4.64. The molecule has 3 aromatic rings. The summed E-state index contributed by atoms with van der Waals surface area (Å²) in [6.07, 6.45) is 5.85. The van der Waals surface area contributed by atoms with E-state index in [0.29, 0.717) is 18.7 Å². The predicted molar refractivity (Wildman–Crippen MR) is 153 cm³/mol. The monoisotopic (exact) mass is 626 g/mol. The number of carbonyl (C=O) groups is 2. The Morgan fingerprint density at radius 1 is 0.838 bits per heavy atom. The SMILES string of the molecule is O=C(NC1CCCCC1)[C@@H](Cc1ccccc1)N(Cc1ccc(Br)cc1)C(=O)COc1ccc(Br)cc1. The normalized spacial score (nSPS) is 14.5. The Kier molecular flexibility index (Phi) is 10.2. The molecule has 0 unspecified atom stereocenters. The Morgan fingerprint density at radius 2 is 1.46 bits per heavy atom. The summed E-state index contributed by atoms with van der Waals surface area (Å²) in [5, 5.41) is 3.26. The molecule has 0 saturated heterocycles. The van der Waals surface area contributed by atoms with Crippen LogP contribution in [0.25, 0.3) is 0 Å². The van der Waals surface area contributed by atoms with Crippen molar-refractivity contribution >= 4 is 43.7 Å². The second-order valence-corrected chi connectivity index (χ2v) is 11.3. The van der Waals surface area contributed by atoms with E-state index >= 15 is 0 Å². The third-order valence-corrected chi connectivity index (χ3v) is 7.72. The van der Waals surface area contributed by atoms with Gasteiger partial charge in [-0.05, 0) is 60.4 Å². The van der Waals surface area contributed by atoms with Crippen LogP contribution in [0.3, 0.4) is 0 Å². The molecule has 7 heteroatoms. The number of nitrogens with one attached hydrogen (secondary N) is 1. The number of carbonyl (C=O) groups excluding carboxylic acids is 2. The lowest BCUT2D eigenvalue weighted by molar-refractivity contribution is -0.143. The maximum absolute atomic E-state index is 13.8. The van der Waals surface area contributed by atoms with Crippen molar-refractivity contribution in [3.8, 4) is 5.75 Å². The van der Waals surface area contributed by atoms with Gasteiger partial charge in [-0.25, -0.2) is 0 Å². The highest BCUT2D eigenvalue weighted by Crippen LogP contribution is 2.21. The minimum atomic E-state index is -0.658. The van der Waals surface area contributed by atoms with Crippen LogP contribution in [0.15, 0.2) is 87.8 Å². The summed E-state index contributed by atoms with van der Waals surface area (Å²) in [6.45, 7) is 0.158. The molecule has 0 aliphatic heterocycles. The van der Waals surface area contributed by atoms with E-state index in [2.05, 4.69) is 37.2 Å². The number of benzene rings is 3. The van der Waals surface area contributed by atoms with Crippen LogP contribution < -0.4 is 10.1 Å². The van der Waals surface area contributed by atoms with E-state index in [-0.39, 0.29) is 24.5 Å². The highest BCUT2D eigenvalue weighted by atomic mass is 79.9. The summed E-state index contributed by atoms with van der Waals surface area (Å²) in [4.78, 5) is 29.1. The molecular formula is C30H32Br2N2O3. The van der Waals surface area contributed by atoms with Crippen molar-refractivity contribution in [1.82, 2.24) is 10.2 Å². The van der Waals surface area contributed by atoms with E-state index in [1.54, 1.807) is 4.90 Å². The Balaban J connectivity index is 1.59. The van der Waals surface area contributed by atoms with Gasteiger partial charge in [0.25, 0.3) is 5.91 Å². The van der Waals surface area contributed by atoms with Gasteiger partial charge in [0, 0.05) is 28.0 Å². The lowest BCUT2D eigenvalue weighted by Crippen LogP contribution is -2.53. The van der Waals surface area contributed by atoms with Gasteiger partial charge in [-0.15, -0.1) is 0 Å². The Bertz CT molecular complexity index is 1150. The number of hydrogen-bond acceptors (Lipinski definition) is 3. The lowest BCUT2D eigenvalue weighted by Gasteiger charge is -2.33. The van der Waals surface area contributed by atoms with Crippen molar-refractivity contribution in [2.24, 2.45) is 0 Å². The first kappa shape index (κ1) is 27.4. The Hall–Kier alpha value is -2.64. The highest BCUT2D eigenvalue weighted by Gasteiger charge is 2.32. The zero-order chi connectivity index (χ0) is 26.0. The van der Waals surface area contributed by atoms with E-state index in [9.17, 15) is 9.59 Å². The van der Waals surface area contributed by atoms with Crippen LogP contribution in [0.5, 0.6) is 5.75 Å². The van der Waals surface area contributed by atoms with Crippen LogP contribution in [-0.4, -0.2) is 35.4 Å². The molecule has 1 fully saturated rings. The summed E-state index contributed by atoms with van der Waals surface area (Å²) in [5.74, 6) is 0.266. The number of rotatable bonds is 10. The maximum atomic E-state index is 13.8. The van der Waals surface area contributed by atoms with Crippen molar-refractivity contribution in [3.63, 3.8) is 0 Å². The summed E-state index contributed by atoms with van der Waals surface area (Å²) < 4.78 is 7.74. The second kappa shape index (κ2) is 13.8. The van der Waals surface area contributed by atoms with E-state index in [1.807, 2.05) is 78.9 Å². The van der Waals surface area contributed by atoms with Gasteiger partial charge in [-0.3, -0.25) is 9.59 Å². The summed E-state index contributed by atoms with van der Waals surface area (Å²) in [7, 11) is 0. The number of halogens is 2. The molecule has 0 radical (unpaired) electrons. The summed E-state index contributed by atoms with van der Waals surface area (Å²) in [6, 6.07) is 24.6. The minimum Gasteiger partial charge on any atom is -0.484 e. The van der Waals surface area contributed by atoms with E-state index < -0.39 is 6.04 Å². The van der Waals surface area contributed by atoms with Gasteiger partial charge in [0.1, 0.15) is 11.8 Å². The van der Waals surface area contributed by atoms with E-state index in [1.165, 1.54) is 6.42 Å². The van der Waals surface area contributed by atoms with Crippen LogP contribution in [0.1, 0.15) is 43.2 Å². The zero-order valence-electron chi connectivity index (χ0n) is 20.7. The molecular weight excluding hydrogens is 596 g/mol. The Morgan fingerprint density at radius 3 is 2.11 bits per heavy atom. The topological polar surface area (TPSA) is 58.6 Å². The van der Waals surface area contributed by atoms with Crippen molar-refractivity contribution in [2.45, 2.75) is 57.2 Å². The molecule has 0 spiro atoms. The van der Waals surface area contributed by atoms with Gasteiger partial charge in [0.2, 0.25) is 5.91 Å². The molecule has 2 amide bonds. The molecule has 1 saturated carbocycles. The van der Waals surface area contributed by atoms with E-state index in [0.717, 1.165) is 45.8 Å². The minimum absolute atomic E-state index is 0.107. The standard InChI is InChI=1S/C30H32Br2N2O3/c31-24-13-11-23(12-14-24)20-34(29(35)21-37-27-17-15-25(32)16-18-27)28(19-22-7-3-1-4-8-22)30(36)33-26-9-5-2-6-10-26/h1,3-4,7-8,11-18,26,28H,2,5-6,9-10,19-21H2,(H,33,36)/t28-/m1/s1. The fourth-order valence-corrected chi connectivity index (χ4v) is 5.17. The molecule has 1 N–H and O–H groups in total. The van der Waals surface area contributed by atoms with Gasteiger partial charge in [0.15, 0.2) is 6.61 Å². The molecule has 3 aromatic carbocycles. The van der Waals surface area contributed by atoms with Gasteiger partial charge in [0.05, 0.1) is 0 Å². The number of ether oxygens (including phenoxy) is 1. The van der Waals surface area contributed by atoms with Crippen LogP contribution in [0, 0.1) is 0 Å². The molecule has 0 heterocycles. The fraction of sp³-hybridized carbons (Fsp3) is 0.333. The maximum Gasteiger partial charge on any atom is 0.261 e. The smallest absolute Gasteiger partial charge is 0.261 e. The Labute approximate surface area is 235 Å². The van der Waals surface area contributed by atoms with Crippen LogP contribution in [-0.2, 0) is 22.6 Å². The van der Waals surface area contributed by atoms with Crippen molar-refractivity contribution in [2.75, 3.05) is 6.61 Å². The van der Waals surface area contributed by atoms with Gasteiger partial charge < -0.3 is 15.0 Å². The molecule has 4 rings (SSSR count). The molecule has 0 bridgehead atoms. The van der Waals surface area contributed by atoms with Gasteiger partial charge >= 0.3 is 0 Å². The summed E-state index contributed by atoms with van der Waals surface area (Å²) >= 11 is 6.90. The number of nitrogens with zero attached hydrogens (tertiary/aromatic N) is 1. The summed E-state index contributed by atoms with van der Waals surface area (Å²) in [5.41, 5.74) is 1.96. The highest BCUT2D eigenvalue weighted by molar-refractivity contribution is 9.10. The first-order chi connectivity index (χ1) is 18.0. The first-order valence-corrected chi connectivity index (χ1v) is 14.3. The molecule has 194 valence electrons. The largest absolute Gasteiger partial charge is 0.484 e. The van der Waals surface area contributed by atoms with Crippen LogP contribution >= 0.6 is 31.9 Å². The molecule has 37 heavy (non-hydrogen) atoms. The third-order valence-electron chi connectivity index (χ3n) is 6.66. The number of amides is 2. The van der Waals surface area contributed by atoms with E-state index in [4.69, 9.17) is 4.74 Å². The molecule has 1 atom stereocenters. The predicted octanol–water partition coefficient (Wildman–Crippen LogP) is 6.68. The van der Waals surface area contributed by atoms with Gasteiger partial charge in [-0.2, -0.15) is 0 Å². The molecule has 1 aliphatic rings.